The van der Waals surface area contributed by atoms with Crippen LogP contribution >= 0.6 is 0 Å². The molecule has 4 heteroatoms. The third kappa shape index (κ3) is 3.80. The second kappa shape index (κ2) is 9.01. The number of ether oxygens (including phenoxy) is 1. The number of rotatable bonds is 9. The molecular formula is C28H36N2O2. The molecule has 32 heavy (non-hydrogen) atoms. The van der Waals surface area contributed by atoms with Crippen molar-refractivity contribution < 1.29 is 9.53 Å². The minimum Gasteiger partial charge on any atom is -0.433 e. The predicted molar refractivity (Wildman–Crippen MR) is 133 cm³/mol. The zero-order valence-corrected chi connectivity index (χ0v) is 19.9. The maximum Gasteiger partial charge on any atom is 0.328 e. The van der Waals surface area contributed by atoms with E-state index >= 15 is 0 Å². The summed E-state index contributed by atoms with van der Waals surface area (Å²) in [5.74, 6) is -0.171. The van der Waals surface area contributed by atoms with Crippen molar-refractivity contribution in [3.8, 4) is 0 Å². The van der Waals surface area contributed by atoms with E-state index in [9.17, 15) is 4.79 Å². The van der Waals surface area contributed by atoms with Gasteiger partial charge in [-0.05, 0) is 62.1 Å². The van der Waals surface area contributed by atoms with Crippen LogP contribution in [0.2, 0.25) is 0 Å². The van der Waals surface area contributed by atoms with E-state index in [2.05, 4.69) is 92.1 Å². The highest BCUT2D eigenvalue weighted by Crippen LogP contribution is 2.55. The molecule has 0 saturated carbocycles. The van der Waals surface area contributed by atoms with E-state index in [0.717, 1.165) is 24.3 Å². The van der Waals surface area contributed by atoms with E-state index in [1.165, 1.54) is 36.9 Å². The van der Waals surface area contributed by atoms with Crippen molar-refractivity contribution in [3.63, 3.8) is 0 Å². The second-order valence-electron chi connectivity index (χ2n) is 9.52. The summed E-state index contributed by atoms with van der Waals surface area (Å²) in [6.45, 7) is 11.3. The van der Waals surface area contributed by atoms with Gasteiger partial charge in [-0.3, -0.25) is 4.79 Å². The van der Waals surface area contributed by atoms with Gasteiger partial charge < -0.3 is 14.5 Å². The van der Waals surface area contributed by atoms with Crippen LogP contribution in [-0.4, -0.2) is 31.3 Å². The summed E-state index contributed by atoms with van der Waals surface area (Å²) in [5.41, 5.74) is 3.57. The molecule has 4 nitrogen and oxygen atoms in total. The normalized spacial score (nSPS) is 21.0. The molecule has 2 aromatic carbocycles. The lowest BCUT2D eigenvalue weighted by atomic mass is 9.77. The van der Waals surface area contributed by atoms with Crippen molar-refractivity contribution in [2.75, 3.05) is 29.4 Å². The highest BCUT2D eigenvalue weighted by molar-refractivity contribution is 5.86. The number of benzene rings is 2. The van der Waals surface area contributed by atoms with Gasteiger partial charge in [0.2, 0.25) is 5.72 Å². The molecule has 1 atom stereocenters. The average Bonchev–Trinajstić information content (AvgIpc) is 3.23. The van der Waals surface area contributed by atoms with Crippen LogP contribution in [0.3, 0.4) is 0 Å². The molecule has 170 valence electrons. The quantitative estimate of drug-likeness (QED) is 0.445. The van der Waals surface area contributed by atoms with E-state index in [1.807, 2.05) is 6.07 Å². The molecule has 4 rings (SSSR count). The first-order valence-corrected chi connectivity index (χ1v) is 12.1. The summed E-state index contributed by atoms with van der Waals surface area (Å²) >= 11 is 0. The topological polar surface area (TPSA) is 32.8 Å². The first kappa shape index (κ1) is 22.4. The largest absolute Gasteiger partial charge is 0.433 e. The molecular weight excluding hydrogens is 396 g/mol. The molecule has 0 bridgehead atoms. The van der Waals surface area contributed by atoms with Crippen LogP contribution in [0, 0.1) is 0 Å². The van der Waals surface area contributed by atoms with Gasteiger partial charge in [0.1, 0.15) is 6.54 Å². The Morgan fingerprint density at radius 2 is 1.66 bits per heavy atom. The van der Waals surface area contributed by atoms with Crippen LogP contribution in [0.15, 0.2) is 54.6 Å². The fourth-order valence-corrected chi connectivity index (χ4v) is 5.07. The smallest absolute Gasteiger partial charge is 0.328 e. The summed E-state index contributed by atoms with van der Waals surface area (Å²) in [7, 11) is 0. The number of hydrogen-bond donors (Lipinski definition) is 0. The molecule has 0 aromatic heterocycles. The average molecular weight is 433 g/mol. The van der Waals surface area contributed by atoms with Crippen molar-refractivity contribution in [1.82, 2.24) is 0 Å². The molecule has 2 aliphatic heterocycles. The highest BCUT2D eigenvalue weighted by Gasteiger charge is 2.62. The lowest BCUT2D eigenvalue weighted by Crippen LogP contribution is -2.51. The Balaban J connectivity index is 1.59. The second-order valence-corrected chi connectivity index (χ2v) is 9.52. The Morgan fingerprint density at radius 3 is 2.31 bits per heavy atom. The minimum absolute atomic E-state index is 0.171. The van der Waals surface area contributed by atoms with Gasteiger partial charge >= 0.3 is 5.97 Å². The first-order chi connectivity index (χ1) is 15.4. The third-order valence-electron chi connectivity index (χ3n) is 7.04. The number of fused-ring (bicyclic) bond motifs is 3. The van der Waals surface area contributed by atoms with Crippen LogP contribution in [0.1, 0.15) is 64.5 Å². The molecule has 2 aromatic rings. The van der Waals surface area contributed by atoms with E-state index in [0.29, 0.717) is 0 Å². The monoisotopic (exact) mass is 432 g/mol. The Labute approximate surface area is 192 Å². The first-order valence-electron chi connectivity index (χ1n) is 12.1. The Morgan fingerprint density at radius 1 is 1.00 bits per heavy atom. The van der Waals surface area contributed by atoms with Crippen LogP contribution in [0.5, 0.6) is 0 Å². The number of nitrogens with zero attached hydrogens (tertiary/aromatic N) is 2. The standard InChI is InChI=1S/C28H36N2O2/c1-5-7-19-29(20-8-6-2)23-15-13-22(14-16-23)17-18-28-27(3,4)24-11-9-10-12-25(24)30(28)21-26(31)32-28/h9-18H,5-8,19-21H2,1-4H3. The summed E-state index contributed by atoms with van der Waals surface area (Å²) in [6, 6.07) is 17.1. The molecule has 1 unspecified atom stereocenters. The zero-order valence-electron chi connectivity index (χ0n) is 19.9. The van der Waals surface area contributed by atoms with E-state index < -0.39 is 5.72 Å². The van der Waals surface area contributed by atoms with E-state index in [4.69, 9.17) is 4.74 Å². The van der Waals surface area contributed by atoms with Crippen molar-refractivity contribution in [1.29, 1.82) is 0 Å². The third-order valence-corrected chi connectivity index (χ3v) is 7.04. The van der Waals surface area contributed by atoms with Crippen molar-refractivity contribution in [3.05, 3.63) is 65.7 Å². The van der Waals surface area contributed by atoms with Crippen LogP contribution in [0.4, 0.5) is 11.4 Å². The maximum absolute atomic E-state index is 12.4. The summed E-state index contributed by atoms with van der Waals surface area (Å²) in [5, 5.41) is 0. The van der Waals surface area contributed by atoms with Crippen molar-refractivity contribution in [2.24, 2.45) is 0 Å². The molecule has 2 heterocycles. The van der Waals surface area contributed by atoms with Crippen LogP contribution in [-0.2, 0) is 14.9 Å². The zero-order chi connectivity index (χ0) is 22.8. The molecule has 0 radical (unpaired) electrons. The predicted octanol–water partition coefficient (Wildman–Crippen LogP) is 6.16. The van der Waals surface area contributed by atoms with E-state index in [-0.39, 0.29) is 17.9 Å². The molecule has 2 aliphatic rings. The molecule has 0 aliphatic carbocycles. The molecule has 0 amide bonds. The van der Waals surface area contributed by atoms with Gasteiger partial charge in [0, 0.05) is 24.5 Å². The van der Waals surface area contributed by atoms with Crippen molar-refractivity contribution >= 4 is 23.4 Å². The number of para-hydroxylation sites is 1. The van der Waals surface area contributed by atoms with Gasteiger partial charge in [0.25, 0.3) is 0 Å². The Kier molecular flexibility index (Phi) is 6.32. The summed E-state index contributed by atoms with van der Waals surface area (Å²) in [6.07, 6.45) is 9.03. The number of anilines is 2. The fraction of sp³-hybridized carbons (Fsp3) is 0.464. The van der Waals surface area contributed by atoms with Crippen LogP contribution in [0.25, 0.3) is 6.08 Å². The van der Waals surface area contributed by atoms with E-state index in [1.54, 1.807) is 0 Å². The van der Waals surface area contributed by atoms with Gasteiger partial charge in [-0.15, -0.1) is 0 Å². The molecule has 0 spiro atoms. The molecule has 0 N–H and O–H groups in total. The van der Waals surface area contributed by atoms with Gasteiger partial charge in [-0.2, -0.15) is 0 Å². The van der Waals surface area contributed by atoms with Gasteiger partial charge in [-0.25, -0.2) is 0 Å². The highest BCUT2D eigenvalue weighted by atomic mass is 16.6. The number of esters is 1. The van der Waals surface area contributed by atoms with Gasteiger partial charge in [-0.1, -0.05) is 63.1 Å². The molecule has 1 fully saturated rings. The maximum atomic E-state index is 12.4. The number of unbranched alkanes of at least 4 members (excludes halogenated alkanes) is 2. The Bertz CT molecular complexity index is 971. The lowest BCUT2D eigenvalue weighted by Gasteiger charge is -2.38. The minimum atomic E-state index is -0.791. The van der Waals surface area contributed by atoms with Gasteiger partial charge in [0.15, 0.2) is 0 Å². The number of hydrogen-bond acceptors (Lipinski definition) is 4. The summed E-state index contributed by atoms with van der Waals surface area (Å²) in [4.78, 5) is 17.0. The fourth-order valence-electron chi connectivity index (χ4n) is 5.07. The summed E-state index contributed by atoms with van der Waals surface area (Å²) < 4.78 is 6.03. The Hall–Kier alpha value is -2.75. The number of carbonyl (C=O) groups excluding carboxylic acids is 1. The van der Waals surface area contributed by atoms with Crippen molar-refractivity contribution in [2.45, 2.75) is 64.5 Å². The lowest BCUT2D eigenvalue weighted by molar-refractivity contribution is -0.147. The van der Waals surface area contributed by atoms with Crippen LogP contribution < -0.4 is 9.80 Å². The SMILES string of the molecule is CCCCN(CCCC)c1ccc(C=CC23OC(=O)CN2c2ccccc2C3(C)C)cc1. The van der Waals surface area contributed by atoms with Gasteiger partial charge in [0.05, 0.1) is 5.41 Å². The number of carbonyl (C=O) groups is 1. The molecule has 1 saturated heterocycles.